The van der Waals surface area contributed by atoms with Gasteiger partial charge in [-0.1, -0.05) is 30.3 Å². The molecule has 0 aliphatic heterocycles. The van der Waals surface area contributed by atoms with E-state index in [0.717, 1.165) is 10.7 Å². The maximum absolute atomic E-state index is 12.0. The van der Waals surface area contributed by atoms with Crippen molar-refractivity contribution in [2.24, 2.45) is 0 Å². The van der Waals surface area contributed by atoms with E-state index < -0.39 is 0 Å². The molecule has 7 heteroatoms. The predicted octanol–water partition coefficient (Wildman–Crippen LogP) is 2.92. The van der Waals surface area contributed by atoms with E-state index in [1.165, 1.54) is 11.3 Å². The monoisotopic (exact) mass is 366 g/mol. The van der Waals surface area contributed by atoms with Gasteiger partial charge < -0.3 is 5.32 Å². The zero-order chi connectivity index (χ0) is 18.2. The third-order valence-corrected chi connectivity index (χ3v) is 4.57. The van der Waals surface area contributed by atoms with Gasteiger partial charge in [-0.3, -0.25) is 9.59 Å². The second-order valence-corrected chi connectivity index (χ2v) is 6.46. The first-order chi connectivity index (χ1) is 12.7. The van der Waals surface area contributed by atoms with Crippen LogP contribution >= 0.6 is 11.3 Å². The molecule has 1 N–H and O–H groups in total. The summed E-state index contributed by atoms with van der Waals surface area (Å²) < 4.78 is 0. The van der Waals surface area contributed by atoms with E-state index in [-0.39, 0.29) is 24.5 Å². The number of nitrogens with one attached hydrogen (secondary N) is 1. The lowest BCUT2D eigenvalue weighted by Gasteiger charge is -2.04. The van der Waals surface area contributed by atoms with Crippen molar-refractivity contribution in [1.82, 2.24) is 20.3 Å². The van der Waals surface area contributed by atoms with Crippen LogP contribution in [0, 0.1) is 0 Å². The number of benzene rings is 1. The first-order valence-corrected chi connectivity index (χ1v) is 9.17. The van der Waals surface area contributed by atoms with E-state index in [2.05, 4.69) is 20.3 Å². The van der Waals surface area contributed by atoms with Crippen LogP contribution in [0.1, 0.15) is 28.9 Å². The lowest BCUT2D eigenvalue weighted by atomic mass is 10.1. The Hall–Kier alpha value is -2.93. The van der Waals surface area contributed by atoms with Gasteiger partial charge in [-0.05, 0) is 6.07 Å². The largest absolute Gasteiger partial charge is 0.356 e. The molecule has 0 radical (unpaired) electrons. The number of carbonyl (C=O) groups excluding carboxylic acids is 2. The minimum atomic E-state index is -0.129. The fraction of sp³-hybridized carbons (Fsp3) is 0.211. The Kier molecular flexibility index (Phi) is 6.16. The van der Waals surface area contributed by atoms with E-state index >= 15 is 0 Å². The van der Waals surface area contributed by atoms with Crippen molar-refractivity contribution < 1.29 is 9.59 Å². The third-order valence-electron chi connectivity index (χ3n) is 3.69. The van der Waals surface area contributed by atoms with Gasteiger partial charge in [-0.2, -0.15) is 0 Å². The van der Waals surface area contributed by atoms with E-state index in [1.807, 2.05) is 23.6 Å². The molecule has 1 amide bonds. The molecule has 2 heterocycles. The summed E-state index contributed by atoms with van der Waals surface area (Å²) in [6, 6.07) is 10.8. The highest BCUT2D eigenvalue weighted by atomic mass is 32.1. The third kappa shape index (κ3) is 5.03. The summed E-state index contributed by atoms with van der Waals surface area (Å²) in [4.78, 5) is 36.7. The van der Waals surface area contributed by atoms with Gasteiger partial charge >= 0.3 is 0 Å². The summed E-state index contributed by atoms with van der Waals surface area (Å²) in [6.45, 7) is 0.483. The second kappa shape index (κ2) is 8.96. The average Bonchev–Trinajstić information content (AvgIpc) is 3.16. The van der Waals surface area contributed by atoms with Gasteiger partial charge in [0, 0.05) is 49.1 Å². The van der Waals surface area contributed by atoms with E-state index in [0.29, 0.717) is 24.4 Å². The first-order valence-electron chi connectivity index (χ1n) is 8.29. The van der Waals surface area contributed by atoms with Gasteiger partial charge in [-0.15, -0.1) is 11.3 Å². The van der Waals surface area contributed by atoms with Crippen LogP contribution in [0.3, 0.4) is 0 Å². The minimum absolute atomic E-state index is 0.0206. The molecular formula is C19H18N4O2S. The van der Waals surface area contributed by atoms with Crippen molar-refractivity contribution in [3.63, 3.8) is 0 Å². The van der Waals surface area contributed by atoms with Crippen molar-refractivity contribution in [3.8, 4) is 10.8 Å². The molecule has 3 rings (SSSR count). The highest BCUT2D eigenvalue weighted by molar-refractivity contribution is 7.13. The Balaban J connectivity index is 1.40. The minimum Gasteiger partial charge on any atom is -0.356 e. The molecule has 26 heavy (non-hydrogen) atoms. The fourth-order valence-corrected chi connectivity index (χ4v) is 3.15. The van der Waals surface area contributed by atoms with Gasteiger partial charge in [0.2, 0.25) is 5.91 Å². The number of nitrogens with zero attached hydrogens (tertiary/aromatic N) is 3. The quantitative estimate of drug-likeness (QED) is 0.620. The maximum Gasteiger partial charge on any atom is 0.220 e. The molecule has 2 aromatic heterocycles. The number of carbonyl (C=O) groups is 2. The molecule has 0 unspecified atom stereocenters. The highest BCUT2D eigenvalue weighted by Gasteiger charge is 2.10. The van der Waals surface area contributed by atoms with Gasteiger partial charge in [0.1, 0.15) is 0 Å². The van der Waals surface area contributed by atoms with Gasteiger partial charge in [0.25, 0.3) is 0 Å². The van der Waals surface area contributed by atoms with E-state index in [9.17, 15) is 9.59 Å². The molecule has 0 aliphatic carbocycles. The van der Waals surface area contributed by atoms with Crippen LogP contribution in [0.25, 0.3) is 10.8 Å². The van der Waals surface area contributed by atoms with Crippen molar-refractivity contribution in [1.29, 1.82) is 0 Å². The first kappa shape index (κ1) is 17.9. The van der Waals surface area contributed by atoms with Crippen LogP contribution in [-0.2, 0) is 11.2 Å². The molecule has 0 saturated carbocycles. The molecule has 0 atom stereocenters. The SMILES string of the molecule is O=C(CCC(=O)c1ccccc1)NCCc1csc(-c2ncccn2)n1. The highest BCUT2D eigenvalue weighted by Crippen LogP contribution is 2.19. The average molecular weight is 366 g/mol. The molecule has 132 valence electrons. The smallest absolute Gasteiger partial charge is 0.220 e. The summed E-state index contributed by atoms with van der Waals surface area (Å²) in [6.07, 6.45) is 4.39. The van der Waals surface area contributed by atoms with Crippen LogP contribution < -0.4 is 5.32 Å². The molecule has 0 saturated heterocycles. The van der Waals surface area contributed by atoms with E-state index in [1.54, 1.807) is 30.6 Å². The number of aromatic nitrogens is 3. The number of rotatable bonds is 8. The van der Waals surface area contributed by atoms with Gasteiger partial charge in [0.05, 0.1) is 5.69 Å². The summed E-state index contributed by atoms with van der Waals surface area (Å²) in [7, 11) is 0. The van der Waals surface area contributed by atoms with E-state index in [4.69, 9.17) is 0 Å². The molecule has 3 aromatic rings. The molecule has 0 fully saturated rings. The Morgan fingerprint density at radius 3 is 2.54 bits per heavy atom. The van der Waals surface area contributed by atoms with Crippen molar-refractivity contribution in [2.45, 2.75) is 19.3 Å². The van der Waals surface area contributed by atoms with Crippen molar-refractivity contribution in [2.75, 3.05) is 6.54 Å². The number of ketones is 1. The molecular weight excluding hydrogens is 348 g/mol. The predicted molar refractivity (Wildman–Crippen MR) is 99.9 cm³/mol. The molecule has 0 bridgehead atoms. The van der Waals surface area contributed by atoms with Crippen LogP contribution in [0.2, 0.25) is 0 Å². The maximum atomic E-state index is 12.0. The molecule has 6 nitrogen and oxygen atoms in total. The summed E-state index contributed by atoms with van der Waals surface area (Å²) in [5.41, 5.74) is 1.52. The molecule has 0 aliphatic rings. The number of hydrogen-bond acceptors (Lipinski definition) is 6. The number of hydrogen-bond donors (Lipinski definition) is 1. The van der Waals surface area contributed by atoms with Crippen molar-refractivity contribution >= 4 is 23.0 Å². The van der Waals surface area contributed by atoms with Crippen LogP contribution in [0.5, 0.6) is 0 Å². The van der Waals surface area contributed by atoms with Gasteiger partial charge in [0.15, 0.2) is 16.6 Å². The number of Topliss-reactive ketones (excluding diaryl/α,β-unsaturated/α-hetero) is 1. The topological polar surface area (TPSA) is 84.8 Å². The lowest BCUT2D eigenvalue weighted by Crippen LogP contribution is -2.26. The lowest BCUT2D eigenvalue weighted by molar-refractivity contribution is -0.121. The van der Waals surface area contributed by atoms with Crippen LogP contribution in [0.4, 0.5) is 0 Å². The van der Waals surface area contributed by atoms with Gasteiger partial charge in [-0.25, -0.2) is 15.0 Å². The summed E-state index contributed by atoms with van der Waals surface area (Å²) in [5, 5.41) is 5.53. The molecule has 1 aromatic carbocycles. The standard InChI is InChI=1S/C19H18N4O2S/c24-16(14-5-2-1-3-6-14)7-8-17(25)20-12-9-15-13-26-19(23-15)18-21-10-4-11-22-18/h1-6,10-11,13H,7-9,12H2,(H,20,25). The summed E-state index contributed by atoms with van der Waals surface area (Å²) >= 11 is 1.48. The summed E-state index contributed by atoms with van der Waals surface area (Å²) in [5.74, 6) is 0.455. The Morgan fingerprint density at radius 2 is 1.77 bits per heavy atom. The zero-order valence-corrected chi connectivity index (χ0v) is 14.9. The fourth-order valence-electron chi connectivity index (χ4n) is 2.35. The van der Waals surface area contributed by atoms with Crippen molar-refractivity contribution in [3.05, 3.63) is 65.4 Å². The zero-order valence-electron chi connectivity index (χ0n) is 14.1. The number of amides is 1. The number of thiazole rings is 1. The second-order valence-electron chi connectivity index (χ2n) is 5.61. The van der Waals surface area contributed by atoms with Crippen LogP contribution in [0.15, 0.2) is 54.2 Å². The Bertz CT molecular complexity index is 866. The van der Waals surface area contributed by atoms with Crippen LogP contribution in [-0.4, -0.2) is 33.2 Å². The normalized spacial score (nSPS) is 10.5. The molecule has 0 spiro atoms. The Labute approximate surface area is 155 Å². The Morgan fingerprint density at radius 1 is 1.00 bits per heavy atom.